The molecule has 3 rings (SSSR count). The van der Waals surface area contributed by atoms with E-state index in [1.165, 1.54) is 64.5 Å². The average molecular weight is 322 g/mol. The fraction of sp³-hybridized carbons (Fsp3) is 0.947. The van der Waals surface area contributed by atoms with Gasteiger partial charge in [0.2, 0.25) is 5.91 Å². The van der Waals surface area contributed by atoms with Crippen LogP contribution in [-0.4, -0.2) is 71.5 Å². The topological polar surface area (TPSA) is 26.8 Å². The summed E-state index contributed by atoms with van der Waals surface area (Å²) < 4.78 is 0. The smallest absolute Gasteiger partial charge is 0.237 e. The second-order valence-corrected chi connectivity index (χ2v) is 8.03. The van der Waals surface area contributed by atoms with Crippen LogP contribution in [0.1, 0.15) is 65.2 Å². The van der Waals surface area contributed by atoms with Gasteiger partial charge in [-0.1, -0.05) is 6.42 Å². The fourth-order valence-electron chi connectivity index (χ4n) is 4.91. The maximum absolute atomic E-state index is 12.7. The highest BCUT2D eigenvalue weighted by atomic mass is 16.2. The van der Waals surface area contributed by atoms with Crippen molar-refractivity contribution in [1.29, 1.82) is 0 Å². The molecule has 0 bridgehead atoms. The van der Waals surface area contributed by atoms with Crippen molar-refractivity contribution in [2.24, 2.45) is 0 Å². The van der Waals surface area contributed by atoms with Crippen LogP contribution in [-0.2, 0) is 4.79 Å². The molecule has 0 N–H and O–H groups in total. The van der Waals surface area contributed by atoms with E-state index in [0.717, 1.165) is 19.1 Å². The minimum absolute atomic E-state index is 0.362. The molecule has 0 aromatic heterocycles. The van der Waals surface area contributed by atoms with Crippen molar-refractivity contribution in [3.8, 4) is 0 Å². The minimum Gasteiger partial charge on any atom is -0.336 e. The molecule has 2 atom stereocenters. The van der Waals surface area contributed by atoms with Crippen molar-refractivity contribution >= 4 is 5.91 Å². The summed E-state index contributed by atoms with van der Waals surface area (Å²) in [7, 11) is 0. The summed E-state index contributed by atoms with van der Waals surface area (Å²) in [5.41, 5.74) is 0. The first-order chi connectivity index (χ1) is 11.1. The van der Waals surface area contributed by atoms with Crippen LogP contribution in [0.15, 0.2) is 0 Å². The lowest BCUT2D eigenvalue weighted by atomic mass is 9.97. The van der Waals surface area contributed by atoms with Gasteiger partial charge in [-0.2, -0.15) is 0 Å². The largest absolute Gasteiger partial charge is 0.336 e. The first kappa shape index (κ1) is 17.2. The molecule has 1 amide bonds. The van der Waals surface area contributed by atoms with Crippen LogP contribution in [0.3, 0.4) is 0 Å². The second-order valence-electron chi connectivity index (χ2n) is 8.03. The SMILES string of the molecule is C[C@H]1CCC[C@H](C)N1C(=O)CN1CCC(N2CCCCC2)CC1. The van der Waals surface area contributed by atoms with Crippen molar-refractivity contribution in [1.82, 2.24) is 14.7 Å². The van der Waals surface area contributed by atoms with Gasteiger partial charge < -0.3 is 9.80 Å². The molecule has 0 radical (unpaired) electrons. The summed E-state index contributed by atoms with van der Waals surface area (Å²) in [6, 6.07) is 1.63. The Morgan fingerprint density at radius 1 is 0.826 bits per heavy atom. The Hall–Kier alpha value is -0.610. The average Bonchev–Trinajstić information content (AvgIpc) is 2.56. The zero-order valence-electron chi connectivity index (χ0n) is 15.2. The number of carbonyl (C=O) groups excluding carboxylic acids is 1. The quantitative estimate of drug-likeness (QED) is 0.800. The third-order valence-corrected chi connectivity index (χ3v) is 6.30. The number of likely N-dealkylation sites (tertiary alicyclic amines) is 3. The van der Waals surface area contributed by atoms with Gasteiger partial charge in [0, 0.05) is 31.2 Å². The van der Waals surface area contributed by atoms with Crippen LogP contribution in [0.4, 0.5) is 0 Å². The predicted molar refractivity (Wildman–Crippen MR) is 94.5 cm³/mol. The number of hydrogen-bond acceptors (Lipinski definition) is 3. The number of amides is 1. The van der Waals surface area contributed by atoms with Crippen molar-refractivity contribution in [2.45, 2.75) is 83.3 Å². The third-order valence-electron chi connectivity index (χ3n) is 6.30. The molecule has 23 heavy (non-hydrogen) atoms. The van der Waals surface area contributed by atoms with Crippen LogP contribution in [0.25, 0.3) is 0 Å². The van der Waals surface area contributed by atoms with Gasteiger partial charge in [0.25, 0.3) is 0 Å². The van der Waals surface area contributed by atoms with Crippen LogP contribution >= 0.6 is 0 Å². The summed E-state index contributed by atoms with van der Waals surface area (Å²) in [6.07, 6.45) is 10.3. The molecule has 3 fully saturated rings. The Kier molecular flexibility index (Phi) is 5.97. The van der Waals surface area contributed by atoms with Gasteiger partial charge in [-0.25, -0.2) is 0 Å². The molecule has 4 heteroatoms. The van der Waals surface area contributed by atoms with Crippen molar-refractivity contribution in [2.75, 3.05) is 32.7 Å². The zero-order chi connectivity index (χ0) is 16.2. The zero-order valence-corrected chi connectivity index (χ0v) is 15.2. The van der Waals surface area contributed by atoms with Crippen LogP contribution in [0.2, 0.25) is 0 Å². The summed E-state index contributed by atoms with van der Waals surface area (Å²) in [5, 5.41) is 0. The molecule has 0 aromatic carbocycles. The van der Waals surface area contributed by atoms with Gasteiger partial charge in [-0.3, -0.25) is 9.69 Å². The van der Waals surface area contributed by atoms with E-state index in [9.17, 15) is 4.79 Å². The van der Waals surface area contributed by atoms with E-state index in [4.69, 9.17) is 0 Å². The molecule has 0 saturated carbocycles. The summed E-state index contributed by atoms with van der Waals surface area (Å²) in [6.45, 7) is 9.87. The van der Waals surface area contributed by atoms with E-state index in [0.29, 0.717) is 24.5 Å². The molecule has 3 aliphatic rings. The van der Waals surface area contributed by atoms with Crippen molar-refractivity contribution in [3.05, 3.63) is 0 Å². The molecule has 3 aliphatic heterocycles. The van der Waals surface area contributed by atoms with Crippen molar-refractivity contribution < 1.29 is 4.79 Å². The molecular weight excluding hydrogens is 286 g/mol. The van der Waals surface area contributed by atoms with Gasteiger partial charge >= 0.3 is 0 Å². The van der Waals surface area contributed by atoms with Gasteiger partial charge in [0.1, 0.15) is 0 Å². The van der Waals surface area contributed by atoms with E-state index >= 15 is 0 Å². The van der Waals surface area contributed by atoms with Gasteiger partial charge in [-0.05, 0) is 71.9 Å². The highest BCUT2D eigenvalue weighted by Gasteiger charge is 2.31. The Labute approximate surface area is 142 Å². The first-order valence-corrected chi connectivity index (χ1v) is 9.92. The monoisotopic (exact) mass is 321 g/mol. The highest BCUT2D eigenvalue weighted by Crippen LogP contribution is 2.24. The Balaban J connectivity index is 1.45. The number of nitrogens with zero attached hydrogens (tertiary/aromatic N) is 3. The maximum atomic E-state index is 12.7. The number of hydrogen-bond donors (Lipinski definition) is 0. The standard InChI is InChI=1S/C19H35N3O/c1-16-7-6-8-17(2)22(16)19(23)15-20-13-9-18(10-14-20)21-11-4-3-5-12-21/h16-18H,3-15H2,1-2H3/t16-,17-/m0/s1. The number of rotatable bonds is 3. The molecule has 0 aromatic rings. The Bertz CT molecular complexity index is 376. The van der Waals surface area contributed by atoms with Crippen molar-refractivity contribution in [3.63, 3.8) is 0 Å². The first-order valence-electron chi connectivity index (χ1n) is 9.92. The Morgan fingerprint density at radius 2 is 1.43 bits per heavy atom. The summed E-state index contributed by atoms with van der Waals surface area (Å²) >= 11 is 0. The van der Waals surface area contributed by atoms with Crippen LogP contribution < -0.4 is 0 Å². The molecule has 0 unspecified atom stereocenters. The summed E-state index contributed by atoms with van der Waals surface area (Å²) in [5.74, 6) is 0.362. The lowest BCUT2D eigenvalue weighted by Gasteiger charge is -2.42. The molecule has 4 nitrogen and oxygen atoms in total. The summed E-state index contributed by atoms with van der Waals surface area (Å²) in [4.78, 5) is 20.0. The lowest BCUT2D eigenvalue weighted by molar-refractivity contribution is -0.138. The maximum Gasteiger partial charge on any atom is 0.237 e. The van der Waals surface area contributed by atoms with E-state index < -0.39 is 0 Å². The molecular formula is C19H35N3O. The molecule has 132 valence electrons. The van der Waals surface area contributed by atoms with E-state index in [-0.39, 0.29) is 0 Å². The van der Waals surface area contributed by atoms with Crippen LogP contribution in [0, 0.1) is 0 Å². The minimum atomic E-state index is 0.362. The Morgan fingerprint density at radius 3 is 2.04 bits per heavy atom. The van der Waals surface area contributed by atoms with Gasteiger partial charge in [0.15, 0.2) is 0 Å². The normalized spacial score (nSPS) is 32.2. The molecule has 0 spiro atoms. The molecule has 3 heterocycles. The number of piperidine rings is 3. The van der Waals surface area contributed by atoms with Crippen LogP contribution in [0.5, 0.6) is 0 Å². The van der Waals surface area contributed by atoms with E-state index in [2.05, 4.69) is 28.5 Å². The highest BCUT2D eigenvalue weighted by molar-refractivity contribution is 5.79. The second kappa shape index (κ2) is 7.98. The third kappa shape index (κ3) is 4.27. The van der Waals surface area contributed by atoms with E-state index in [1.807, 2.05) is 0 Å². The predicted octanol–water partition coefficient (Wildman–Crippen LogP) is 2.73. The number of carbonyl (C=O) groups is 1. The van der Waals surface area contributed by atoms with E-state index in [1.54, 1.807) is 0 Å². The molecule has 0 aliphatic carbocycles. The van der Waals surface area contributed by atoms with Gasteiger partial charge in [0.05, 0.1) is 6.54 Å². The fourth-order valence-corrected chi connectivity index (χ4v) is 4.91. The molecule has 3 saturated heterocycles. The van der Waals surface area contributed by atoms with Gasteiger partial charge in [-0.15, -0.1) is 0 Å². The lowest BCUT2D eigenvalue weighted by Crippen LogP contribution is -2.53.